The third kappa shape index (κ3) is 4.17. The van der Waals surface area contributed by atoms with E-state index in [-0.39, 0.29) is 17.1 Å². The number of hydrogen-bond acceptors (Lipinski definition) is 6. The molecule has 0 unspecified atom stereocenters. The molecular weight excluding hydrogens is 380 g/mol. The van der Waals surface area contributed by atoms with E-state index < -0.39 is 5.91 Å². The number of hydrogen-bond donors (Lipinski definition) is 3. The number of rotatable bonds is 5. The van der Waals surface area contributed by atoms with Crippen molar-refractivity contribution >= 4 is 28.1 Å². The molecule has 0 fully saturated rings. The molecule has 1 amide bonds. The predicted octanol–water partition coefficient (Wildman–Crippen LogP) is 2.64. The summed E-state index contributed by atoms with van der Waals surface area (Å²) < 4.78 is 11.1. The van der Waals surface area contributed by atoms with E-state index in [1.807, 2.05) is 0 Å². The molecule has 2 rings (SSSR count). The van der Waals surface area contributed by atoms with Crippen molar-refractivity contribution in [3.8, 4) is 23.0 Å². The largest absolute Gasteiger partial charge is 0.508 e. The van der Waals surface area contributed by atoms with E-state index in [1.165, 1.54) is 32.6 Å². The van der Waals surface area contributed by atoms with Gasteiger partial charge in [-0.25, -0.2) is 5.43 Å². The molecule has 7 nitrogen and oxygen atoms in total. The molecule has 0 spiro atoms. The molecule has 0 heterocycles. The average molecular weight is 395 g/mol. The van der Waals surface area contributed by atoms with Crippen LogP contribution in [0.15, 0.2) is 39.9 Å². The van der Waals surface area contributed by atoms with E-state index in [2.05, 4.69) is 26.5 Å². The molecule has 3 N–H and O–H groups in total. The number of phenols is 2. The average Bonchev–Trinajstić information content (AvgIpc) is 2.54. The van der Waals surface area contributed by atoms with Gasteiger partial charge in [0, 0.05) is 23.3 Å². The number of amides is 1. The molecule has 0 saturated carbocycles. The first-order chi connectivity index (χ1) is 11.4. The summed E-state index contributed by atoms with van der Waals surface area (Å²) in [7, 11) is 3.05. The van der Waals surface area contributed by atoms with Crippen LogP contribution in [0.1, 0.15) is 15.9 Å². The molecule has 0 aromatic heterocycles. The van der Waals surface area contributed by atoms with Crippen LogP contribution in [0.4, 0.5) is 0 Å². The lowest BCUT2D eigenvalue weighted by atomic mass is 10.2. The summed E-state index contributed by atoms with van der Waals surface area (Å²) in [4.78, 5) is 12.0. The van der Waals surface area contributed by atoms with Crippen molar-refractivity contribution in [2.24, 2.45) is 5.10 Å². The van der Waals surface area contributed by atoms with Gasteiger partial charge in [-0.3, -0.25) is 4.79 Å². The van der Waals surface area contributed by atoms with Gasteiger partial charge >= 0.3 is 0 Å². The Hall–Kier alpha value is -2.74. The van der Waals surface area contributed by atoms with E-state index in [9.17, 15) is 15.0 Å². The monoisotopic (exact) mass is 394 g/mol. The van der Waals surface area contributed by atoms with Gasteiger partial charge in [-0.1, -0.05) is 0 Å². The fraction of sp³-hybridized carbons (Fsp3) is 0.125. The number of nitrogens with zero attached hydrogens (tertiary/aromatic N) is 1. The zero-order valence-electron chi connectivity index (χ0n) is 12.9. The van der Waals surface area contributed by atoms with E-state index in [0.717, 1.165) is 6.07 Å². The highest BCUT2D eigenvalue weighted by atomic mass is 79.9. The van der Waals surface area contributed by atoms with E-state index >= 15 is 0 Å². The first-order valence-electron chi connectivity index (χ1n) is 6.72. The van der Waals surface area contributed by atoms with Crippen LogP contribution < -0.4 is 14.9 Å². The van der Waals surface area contributed by atoms with E-state index in [1.54, 1.807) is 12.1 Å². The first-order valence-corrected chi connectivity index (χ1v) is 7.52. The molecule has 126 valence electrons. The van der Waals surface area contributed by atoms with E-state index in [4.69, 9.17) is 9.47 Å². The second-order valence-corrected chi connectivity index (χ2v) is 5.52. The zero-order chi connectivity index (χ0) is 17.7. The normalized spacial score (nSPS) is 10.6. The summed E-state index contributed by atoms with van der Waals surface area (Å²) in [6, 6.07) is 6.97. The van der Waals surface area contributed by atoms with Gasteiger partial charge in [0.05, 0.1) is 24.9 Å². The number of carbonyl (C=O) groups excluding carboxylic acids is 1. The second kappa shape index (κ2) is 7.69. The number of aromatic hydroxyl groups is 2. The van der Waals surface area contributed by atoms with Crippen LogP contribution in [0.3, 0.4) is 0 Å². The third-order valence-corrected chi connectivity index (χ3v) is 3.66. The molecule has 8 heteroatoms. The van der Waals surface area contributed by atoms with Gasteiger partial charge in [0.25, 0.3) is 5.91 Å². The van der Waals surface area contributed by atoms with Gasteiger partial charge in [-0.2, -0.15) is 5.10 Å². The van der Waals surface area contributed by atoms with Gasteiger partial charge in [0.2, 0.25) is 0 Å². The number of methoxy groups -OCH3 is 2. The molecule has 2 aromatic carbocycles. The van der Waals surface area contributed by atoms with Crippen molar-refractivity contribution < 1.29 is 24.5 Å². The van der Waals surface area contributed by atoms with Gasteiger partial charge in [-0.05, 0) is 34.1 Å². The number of hydrazone groups is 1. The topological polar surface area (TPSA) is 100 Å². The van der Waals surface area contributed by atoms with Crippen LogP contribution in [0.2, 0.25) is 0 Å². The number of benzene rings is 2. The summed E-state index contributed by atoms with van der Waals surface area (Å²) in [5.41, 5.74) is 3.00. The minimum Gasteiger partial charge on any atom is -0.508 e. The lowest BCUT2D eigenvalue weighted by Gasteiger charge is -2.09. The van der Waals surface area contributed by atoms with Crippen molar-refractivity contribution in [1.29, 1.82) is 0 Å². The number of ether oxygens (including phenoxy) is 2. The number of carbonyl (C=O) groups is 1. The summed E-state index contributed by atoms with van der Waals surface area (Å²) >= 11 is 3.36. The molecule has 24 heavy (non-hydrogen) atoms. The lowest BCUT2D eigenvalue weighted by Crippen LogP contribution is -2.17. The van der Waals surface area contributed by atoms with Crippen LogP contribution in [0.5, 0.6) is 23.0 Å². The summed E-state index contributed by atoms with van der Waals surface area (Å²) in [6.45, 7) is 0. The minimum absolute atomic E-state index is 0.0764. The Morgan fingerprint density at radius 2 is 1.71 bits per heavy atom. The van der Waals surface area contributed by atoms with Crippen LogP contribution in [-0.2, 0) is 0 Å². The molecule has 0 bridgehead atoms. The maximum absolute atomic E-state index is 12.0. The van der Waals surface area contributed by atoms with Crippen LogP contribution in [-0.4, -0.2) is 36.6 Å². The van der Waals surface area contributed by atoms with Gasteiger partial charge < -0.3 is 19.7 Å². The lowest BCUT2D eigenvalue weighted by molar-refractivity contribution is 0.0954. The third-order valence-electron chi connectivity index (χ3n) is 3.04. The molecule has 0 radical (unpaired) electrons. The maximum Gasteiger partial charge on any atom is 0.271 e. The highest BCUT2D eigenvalue weighted by molar-refractivity contribution is 9.10. The second-order valence-electron chi connectivity index (χ2n) is 4.67. The molecule has 0 aliphatic carbocycles. The molecule has 0 atom stereocenters. The summed E-state index contributed by atoms with van der Waals surface area (Å²) in [5.74, 6) is 0.102. The van der Waals surface area contributed by atoms with Crippen molar-refractivity contribution in [1.82, 2.24) is 5.43 Å². The first kappa shape index (κ1) is 17.6. The highest BCUT2D eigenvalue weighted by Gasteiger charge is 2.09. The van der Waals surface area contributed by atoms with Crippen LogP contribution in [0.25, 0.3) is 0 Å². The Labute approximate surface area is 146 Å². The molecule has 0 aliphatic heterocycles. The zero-order valence-corrected chi connectivity index (χ0v) is 14.5. The Kier molecular flexibility index (Phi) is 5.64. The molecule has 0 saturated heterocycles. The van der Waals surface area contributed by atoms with Crippen molar-refractivity contribution in [3.05, 3.63) is 45.9 Å². The Morgan fingerprint density at radius 3 is 2.29 bits per heavy atom. The number of nitrogens with one attached hydrogen (secondary N) is 1. The van der Waals surface area contributed by atoms with Gasteiger partial charge in [0.15, 0.2) is 0 Å². The fourth-order valence-electron chi connectivity index (χ4n) is 1.94. The molecule has 2 aromatic rings. The van der Waals surface area contributed by atoms with Gasteiger partial charge in [0.1, 0.15) is 23.0 Å². The number of phenolic OH excluding ortho intramolecular Hbond substituents is 2. The van der Waals surface area contributed by atoms with Crippen LogP contribution >= 0.6 is 15.9 Å². The van der Waals surface area contributed by atoms with Crippen molar-refractivity contribution in [3.63, 3.8) is 0 Å². The van der Waals surface area contributed by atoms with Gasteiger partial charge in [-0.15, -0.1) is 0 Å². The number of halogens is 1. The van der Waals surface area contributed by atoms with E-state index in [0.29, 0.717) is 21.5 Å². The minimum atomic E-state index is -0.580. The smallest absolute Gasteiger partial charge is 0.271 e. The molecule has 0 aliphatic rings. The maximum atomic E-state index is 12.0. The summed E-state index contributed by atoms with van der Waals surface area (Å²) in [5, 5.41) is 22.6. The molecular formula is C16H15BrN2O5. The SMILES string of the molecule is COc1cc(OC)c(/C=N\NC(=O)c2cc(O)cc(O)c2)cc1Br. The standard InChI is InChI=1S/C16H15BrN2O5/c1-23-14-7-15(24-2)13(17)5-10(14)8-18-19-16(22)9-3-11(20)6-12(21)4-9/h3-8,20-21H,1-2H3,(H,19,22)/b18-8-. The van der Waals surface area contributed by atoms with Crippen molar-refractivity contribution in [2.45, 2.75) is 0 Å². The Balaban J connectivity index is 2.16. The highest BCUT2D eigenvalue weighted by Crippen LogP contribution is 2.31. The Morgan fingerprint density at radius 1 is 1.08 bits per heavy atom. The predicted molar refractivity (Wildman–Crippen MR) is 92.1 cm³/mol. The van der Waals surface area contributed by atoms with Crippen molar-refractivity contribution in [2.75, 3.05) is 14.2 Å². The Bertz CT molecular complexity index is 772. The summed E-state index contributed by atoms with van der Waals surface area (Å²) in [6.07, 6.45) is 1.41. The fourth-order valence-corrected chi connectivity index (χ4v) is 2.46. The van der Waals surface area contributed by atoms with Crippen LogP contribution in [0, 0.1) is 0 Å². The quantitative estimate of drug-likeness (QED) is 0.534.